The number of nitrogens with one attached hydrogen (secondary N) is 1. The number of methoxy groups -OCH3 is 2. The van der Waals surface area contributed by atoms with Gasteiger partial charge in [-0.2, -0.15) is 5.10 Å². The van der Waals surface area contributed by atoms with Crippen LogP contribution in [0, 0.1) is 0 Å². The lowest BCUT2D eigenvalue weighted by Gasteiger charge is -2.25. The second-order valence-corrected chi connectivity index (χ2v) is 9.84. The van der Waals surface area contributed by atoms with Crippen LogP contribution in [0.1, 0.15) is 30.9 Å². The first kappa shape index (κ1) is 25.8. The smallest absolute Gasteiger partial charge is 0.264 e. The van der Waals surface area contributed by atoms with E-state index in [2.05, 4.69) is 24.4 Å². The zero-order chi connectivity index (χ0) is 25.4. The molecule has 0 spiro atoms. The van der Waals surface area contributed by atoms with E-state index in [9.17, 15) is 13.2 Å². The number of nitrogens with zero attached hydrogens (tertiary/aromatic N) is 2. The summed E-state index contributed by atoms with van der Waals surface area (Å²) in [6.07, 6.45) is 1.51. The third kappa shape index (κ3) is 6.39. The van der Waals surface area contributed by atoms with Crippen molar-refractivity contribution in [2.24, 2.45) is 5.10 Å². The summed E-state index contributed by atoms with van der Waals surface area (Å²) in [6, 6.07) is 20.4. The molecule has 3 rings (SSSR count). The zero-order valence-electron chi connectivity index (χ0n) is 20.1. The van der Waals surface area contributed by atoms with Gasteiger partial charge in [0.05, 0.1) is 31.0 Å². The van der Waals surface area contributed by atoms with E-state index in [0.717, 1.165) is 9.87 Å². The van der Waals surface area contributed by atoms with Crippen molar-refractivity contribution in [3.05, 3.63) is 83.9 Å². The molecule has 9 heteroatoms. The predicted octanol–water partition coefficient (Wildman–Crippen LogP) is 4.17. The third-order valence-corrected chi connectivity index (χ3v) is 7.05. The summed E-state index contributed by atoms with van der Waals surface area (Å²) in [5.41, 5.74) is 4.61. The number of sulfonamides is 1. The summed E-state index contributed by atoms with van der Waals surface area (Å²) in [5, 5.41) is 3.99. The maximum atomic E-state index is 13.5. The molecule has 184 valence electrons. The van der Waals surface area contributed by atoms with E-state index in [-0.39, 0.29) is 16.3 Å². The van der Waals surface area contributed by atoms with Gasteiger partial charge in [-0.1, -0.05) is 56.3 Å². The molecular formula is C26H29N3O5S. The van der Waals surface area contributed by atoms with Gasteiger partial charge in [0.15, 0.2) is 0 Å². The Kier molecular flexibility index (Phi) is 8.48. The van der Waals surface area contributed by atoms with Gasteiger partial charge in [0.1, 0.15) is 18.0 Å². The Bertz CT molecular complexity index is 1270. The van der Waals surface area contributed by atoms with Crippen molar-refractivity contribution >= 4 is 27.8 Å². The Balaban J connectivity index is 1.86. The van der Waals surface area contributed by atoms with Crippen molar-refractivity contribution < 1.29 is 22.7 Å². The Morgan fingerprint density at radius 3 is 2.29 bits per heavy atom. The van der Waals surface area contributed by atoms with Crippen LogP contribution in [-0.4, -0.2) is 41.3 Å². The summed E-state index contributed by atoms with van der Waals surface area (Å²) < 4.78 is 38.6. The van der Waals surface area contributed by atoms with E-state index >= 15 is 0 Å². The summed E-state index contributed by atoms with van der Waals surface area (Å²) in [5.74, 6) is 0.524. The highest BCUT2D eigenvalue weighted by Gasteiger charge is 2.29. The highest BCUT2D eigenvalue weighted by Crippen LogP contribution is 2.35. The van der Waals surface area contributed by atoms with Crippen molar-refractivity contribution in [3.8, 4) is 11.5 Å². The quantitative estimate of drug-likeness (QED) is 0.336. The Labute approximate surface area is 206 Å². The summed E-state index contributed by atoms with van der Waals surface area (Å²) in [6.45, 7) is 3.70. The van der Waals surface area contributed by atoms with E-state index < -0.39 is 22.5 Å². The van der Waals surface area contributed by atoms with Crippen LogP contribution < -0.4 is 19.2 Å². The standard InChI is InChI=1S/C26H29N3O5S/c1-19(2)21-12-10-20(11-13-21)17-27-28-26(30)18-29(35(31,32)23-8-6-5-7-9-23)24-15-14-22(33-3)16-25(24)34-4/h5-17,19H,18H2,1-4H3,(H,28,30)/b27-17-. The molecular weight excluding hydrogens is 466 g/mol. The van der Waals surface area contributed by atoms with Crippen LogP contribution in [0.4, 0.5) is 5.69 Å². The molecule has 0 saturated heterocycles. The molecule has 0 fully saturated rings. The fourth-order valence-electron chi connectivity index (χ4n) is 3.32. The van der Waals surface area contributed by atoms with Gasteiger partial charge >= 0.3 is 0 Å². The Morgan fingerprint density at radius 2 is 1.69 bits per heavy atom. The normalized spacial score (nSPS) is 11.5. The fraction of sp³-hybridized carbons (Fsp3) is 0.231. The first-order valence-corrected chi connectivity index (χ1v) is 12.4. The number of hydrogen-bond donors (Lipinski definition) is 1. The average Bonchev–Trinajstić information content (AvgIpc) is 2.87. The van der Waals surface area contributed by atoms with E-state index in [0.29, 0.717) is 11.7 Å². The SMILES string of the molecule is COc1ccc(N(CC(=O)N/N=C\c2ccc(C(C)C)cc2)S(=O)(=O)c2ccccc2)c(OC)c1. The molecule has 0 aliphatic rings. The van der Waals surface area contributed by atoms with Crippen LogP contribution in [0.5, 0.6) is 11.5 Å². The van der Waals surface area contributed by atoms with Gasteiger partial charge in [-0.25, -0.2) is 13.8 Å². The molecule has 0 unspecified atom stereocenters. The summed E-state index contributed by atoms with van der Waals surface area (Å²) >= 11 is 0. The van der Waals surface area contributed by atoms with Crippen molar-refractivity contribution in [2.75, 3.05) is 25.1 Å². The highest BCUT2D eigenvalue weighted by molar-refractivity contribution is 7.92. The highest BCUT2D eigenvalue weighted by atomic mass is 32.2. The lowest BCUT2D eigenvalue weighted by Crippen LogP contribution is -2.39. The van der Waals surface area contributed by atoms with Gasteiger partial charge in [0.2, 0.25) is 0 Å². The van der Waals surface area contributed by atoms with E-state index in [1.165, 1.54) is 44.2 Å². The van der Waals surface area contributed by atoms with Gasteiger partial charge in [0.25, 0.3) is 15.9 Å². The van der Waals surface area contributed by atoms with Crippen LogP contribution in [0.15, 0.2) is 82.8 Å². The number of hydrogen-bond acceptors (Lipinski definition) is 6. The van der Waals surface area contributed by atoms with Gasteiger partial charge in [-0.05, 0) is 41.3 Å². The molecule has 1 N–H and O–H groups in total. The van der Waals surface area contributed by atoms with Gasteiger partial charge in [-0.15, -0.1) is 0 Å². The molecule has 1 amide bonds. The number of benzene rings is 3. The first-order chi connectivity index (χ1) is 16.8. The molecule has 0 aromatic heterocycles. The molecule has 0 atom stereocenters. The first-order valence-electron chi connectivity index (χ1n) is 11.0. The van der Waals surface area contributed by atoms with E-state index in [4.69, 9.17) is 9.47 Å². The minimum absolute atomic E-state index is 0.0411. The number of amides is 1. The minimum atomic E-state index is -4.09. The topological polar surface area (TPSA) is 97.3 Å². The van der Waals surface area contributed by atoms with Crippen LogP contribution in [-0.2, 0) is 14.8 Å². The lowest BCUT2D eigenvalue weighted by molar-refractivity contribution is -0.119. The van der Waals surface area contributed by atoms with Crippen LogP contribution in [0.3, 0.4) is 0 Å². The van der Waals surface area contributed by atoms with Crippen LogP contribution >= 0.6 is 0 Å². The number of anilines is 1. The zero-order valence-corrected chi connectivity index (χ0v) is 21.0. The Hall–Kier alpha value is -3.85. The summed E-state index contributed by atoms with van der Waals surface area (Å²) in [4.78, 5) is 12.8. The molecule has 35 heavy (non-hydrogen) atoms. The predicted molar refractivity (Wildman–Crippen MR) is 137 cm³/mol. The maximum Gasteiger partial charge on any atom is 0.264 e. The largest absolute Gasteiger partial charge is 0.497 e. The molecule has 8 nitrogen and oxygen atoms in total. The lowest BCUT2D eigenvalue weighted by atomic mass is 10.0. The maximum absolute atomic E-state index is 13.5. The van der Waals surface area contributed by atoms with Crippen LogP contribution in [0.25, 0.3) is 0 Å². The second-order valence-electron chi connectivity index (χ2n) is 7.98. The monoisotopic (exact) mass is 495 g/mol. The average molecular weight is 496 g/mol. The van der Waals surface area contributed by atoms with Crippen molar-refractivity contribution in [3.63, 3.8) is 0 Å². The molecule has 0 radical (unpaired) electrons. The van der Waals surface area contributed by atoms with E-state index in [1.807, 2.05) is 24.3 Å². The minimum Gasteiger partial charge on any atom is -0.497 e. The number of ether oxygens (including phenoxy) is 2. The number of rotatable bonds is 10. The number of carbonyl (C=O) groups excluding carboxylic acids is 1. The number of hydrazone groups is 1. The molecule has 3 aromatic rings. The van der Waals surface area contributed by atoms with Gasteiger partial charge in [0, 0.05) is 6.07 Å². The molecule has 0 bridgehead atoms. The Morgan fingerprint density at radius 1 is 1.00 bits per heavy atom. The molecule has 0 aliphatic heterocycles. The molecule has 0 heterocycles. The number of carbonyl (C=O) groups is 1. The van der Waals surface area contributed by atoms with Crippen molar-refractivity contribution in [2.45, 2.75) is 24.7 Å². The molecule has 0 aliphatic carbocycles. The van der Waals surface area contributed by atoms with Crippen LogP contribution in [0.2, 0.25) is 0 Å². The summed E-state index contributed by atoms with van der Waals surface area (Å²) in [7, 11) is -1.18. The third-order valence-electron chi connectivity index (χ3n) is 5.28. The van der Waals surface area contributed by atoms with Gasteiger partial charge in [-0.3, -0.25) is 9.10 Å². The van der Waals surface area contributed by atoms with E-state index in [1.54, 1.807) is 30.3 Å². The molecule has 3 aromatic carbocycles. The molecule has 0 saturated carbocycles. The van der Waals surface area contributed by atoms with Crippen molar-refractivity contribution in [1.29, 1.82) is 0 Å². The fourth-order valence-corrected chi connectivity index (χ4v) is 4.77. The second kappa shape index (κ2) is 11.5. The van der Waals surface area contributed by atoms with Crippen molar-refractivity contribution in [1.82, 2.24) is 5.43 Å². The van der Waals surface area contributed by atoms with Gasteiger partial charge < -0.3 is 9.47 Å².